The van der Waals surface area contributed by atoms with Crippen molar-refractivity contribution in [2.24, 2.45) is 0 Å². The Balaban J connectivity index is 2.24. The van der Waals surface area contributed by atoms with Gasteiger partial charge in [0.25, 0.3) is 5.91 Å². The molecule has 5 nitrogen and oxygen atoms in total. The third-order valence-electron chi connectivity index (χ3n) is 2.54. The van der Waals surface area contributed by atoms with Gasteiger partial charge >= 0.3 is 0 Å². The molecular weight excluding hydrogens is 297 g/mol. The van der Waals surface area contributed by atoms with Crippen LogP contribution in [-0.4, -0.2) is 16.8 Å². The molecule has 1 heterocycles. The van der Waals surface area contributed by atoms with Gasteiger partial charge in [-0.05, 0) is 30.3 Å². The van der Waals surface area contributed by atoms with Crippen LogP contribution in [0.2, 0.25) is 5.15 Å². The number of nitrogens with one attached hydrogen (secondary N) is 2. The molecule has 0 spiro atoms. The second-order valence-electron chi connectivity index (χ2n) is 4.17. The molecule has 2 N–H and O–H groups in total. The minimum atomic E-state index is -0.627. The molecule has 0 fully saturated rings. The molecule has 7 heteroatoms. The second-order valence-corrected chi connectivity index (χ2v) is 4.53. The summed E-state index contributed by atoms with van der Waals surface area (Å²) < 4.78 is 13.7. The maximum absolute atomic E-state index is 13.7. The van der Waals surface area contributed by atoms with Gasteiger partial charge in [-0.1, -0.05) is 11.6 Å². The first-order valence-corrected chi connectivity index (χ1v) is 6.34. The van der Waals surface area contributed by atoms with Crippen LogP contribution in [0, 0.1) is 5.82 Å². The number of hydrogen-bond acceptors (Lipinski definition) is 3. The van der Waals surface area contributed by atoms with E-state index in [2.05, 4.69) is 15.6 Å². The number of aromatic nitrogens is 1. The summed E-state index contributed by atoms with van der Waals surface area (Å²) in [6, 6.07) is 6.87. The number of nitrogens with zero attached hydrogens (tertiary/aromatic N) is 1. The molecule has 0 aliphatic heterocycles. The Morgan fingerprint density at radius 1 is 1.24 bits per heavy atom. The Bertz CT molecular complexity index is 706. The minimum Gasteiger partial charge on any atom is -0.326 e. The lowest BCUT2D eigenvalue weighted by Gasteiger charge is -2.09. The molecule has 0 saturated carbocycles. The summed E-state index contributed by atoms with van der Waals surface area (Å²) in [7, 11) is 0. The molecule has 0 unspecified atom stereocenters. The predicted octanol–water partition coefficient (Wildman–Crippen LogP) is 3.08. The molecule has 0 aliphatic rings. The van der Waals surface area contributed by atoms with Crippen LogP contribution in [0.5, 0.6) is 0 Å². The zero-order valence-electron chi connectivity index (χ0n) is 11.0. The van der Waals surface area contributed by atoms with Gasteiger partial charge in [0.1, 0.15) is 11.0 Å². The van der Waals surface area contributed by atoms with Gasteiger partial charge in [0, 0.05) is 18.8 Å². The Hall–Kier alpha value is -2.47. The standard InChI is InChI=1S/C14H11ClFN3O2/c1-8(20)18-9-4-5-11(16)12(7-9)19-14(21)10-3-2-6-17-13(10)15/h2-7H,1H3,(H,18,20)(H,19,21). The van der Waals surface area contributed by atoms with Crippen LogP contribution in [0.3, 0.4) is 0 Å². The highest BCUT2D eigenvalue weighted by Crippen LogP contribution is 2.21. The zero-order valence-corrected chi connectivity index (χ0v) is 11.7. The normalized spacial score (nSPS) is 10.0. The average Bonchev–Trinajstić information content (AvgIpc) is 2.42. The van der Waals surface area contributed by atoms with E-state index in [1.807, 2.05) is 0 Å². The fraction of sp³-hybridized carbons (Fsp3) is 0.0714. The van der Waals surface area contributed by atoms with Crippen LogP contribution < -0.4 is 10.6 Å². The van der Waals surface area contributed by atoms with Gasteiger partial charge in [-0.3, -0.25) is 9.59 Å². The lowest BCUT2D eigenvalue weighted by molar-refractivity contribution is -0.114. The van der Waals surface area contributed by atoms with Crippen LogP contribution >= 0.6 is 11.6 Å². The minimum absolute atomic E-state index is 0.0217. The van der Waals surface area contributed by atoms with E-state index in [0.29, 0.717) is 5.69 Å². The number of hydrogen-bond donors (Lipinski definition) is 2. The predicted molar refractivity (Wildman–Crippen MR) is 77.9 cm³/mol. The molecule has 0 saturated heterocycles. The first-order valence-electron chi connectivity index (χ1n) is 5.96. The third-order valence-corrected chi connectivity index (χ3v) is 2.84. The maximum Gasteiger partial charge on any atom is 0.258 e. The topological polar surface area (TPSA) is 71.1 Å². The van der Waals surface area contributed by atoms with Crippen molar-refractivity contribution in [3.05, 3.63) is 53.1 Å². The zero-order chi connectivity index (χ0) is 15.4. The summed E-state index contributed by atoms with van der Waals surface area (Å²) in [5.74, 6) is -1.52. The largest absolute Gasteiger partial charge is 0.326 e. The van der Waals surface area contributed by atoms with E-state index in [9.17, 15) is 14.0 Å². The summed E-state index contributed by atoms with van der Waals surface area (Å²) >= 11 is 5.80. The van der Waals surface area contributed by atoms with Crippen LogP contribution in [0.4, 0.5) is 15.8 Å². The van der Waals surface area contributed by atoms with Crippen molar-refractivity contribution in [2.45, 2.75) is 6.92 Å². The highest BCUT2D eigenvalue weighted by atomic mass is 35.5. The monoisotopic (exact) mass is 307 g/mol. The van der Waals surface area contributed by atoms with E-state index in [1.165, 1.54) is 31.3 Å². The number of amides is 2. The van der Waals surface area contributed by atoms with Crippen LogP contribution in [-0.2, 0) is 4.79 Å². The quantitative estimate of drug-likeness (QED) is 0.856. The fourth-order valence-electron chi connectivity index (χ4n) is 1.65. The average molecular weight is 308 g/mol. The molecule has 2 rings (SSSR count). The maximum atomic E-state index is 13.7. The Morgan fingerprint density at radius 3 is 2.67 bits per heavy atom. The summed E-state index contributed by atoms with van der Waals surface area (Å²) in [6.07, 6.45) is 1.44. The van der Waals surface area contributed by atoms with E-state index < -0.39 is 11.7 Å². The van der Waals surface area contributed by atoms with E-state index in [4.69, 9.17) is 11.6 Å². The summed E-state index contributed by atoms with van der Waals surface area (Å²) in [5.41, 5.74) is 0.436. The Kier molecular flexibility index (Phi) is 4.49. The molecule has 0 bridgehead atoms. The van der Waals surface area contributed by atoms with Crippen molar-refractivity contribution in [3.63, 3.8) is 0 Å². The molecule has 1 aromatic carbocycles. The number of anilines is 2. The highest BCUT2D eigenvalue weighted by Gasteiger charge is 2.13. The van der Waals surface area contributed by atoms with Crippen LogP contribution in [0.15, 0.2) is 36.5 Å². The summed E-state index contributed by atoms with van der Waals surface area (Å²) in [4.78, 5) is 26.8. The van der Waals surface area contributed by atoms with E-state index in [-0.39, 0.29) is 22.3 Å². The van der Waals surface area contributed by atoms with Gasteiger partial charge in [-0.25, -0.2) is 9.37 Å². The van der Waals surface area contributed by atoms with E-state index in [0.717, 1.165) is 6.07 Å². The van der Waals surface area contributed by atoms with E-state index >= 15 is 0 Å². The molecule has 2 aromatic rings. The van der Waals surface area contributed by atoms with Crippen molar-refractivity contribution in [1.29, 1.82) is 0 Å². The van der Waals surface area contributed by atoms with Crippen LogP contribution in [0.25, 0.3) is 0 Å². The number of rotatable bonds is 3. The van der Waals surface area contributed by atoms with Gasteiger partial charge in [0.15, 0.2) is 0 Å². The van der Waals surface area contributed by atoms with Gasteiger partial charge in [0.05, 0.1) is 11.3 Å². The number of benzene rings is 1. The van der Waals surface area contributed by atoms with Crippen molar-refractivity contribution >= 4 is 34.8 Å². The third kappa shape index (κ3) is 3.76. The second kappa shape index (κ2) is 6.32. The molecule has 0 aliphatic carbocycles. The molecule has 108 valence electrons. The molecule has 0 radical (unpaired) electrons. The lowest BCUT2D eigenvalue weighted by atomic mass is 10.2. The van der Waals surface area contributed by atoms with Crippen molar-refractivity contribution in [2.75, 3.05) is 10.6 Å². The highest BCUT2D eigenvalue weighted by molar-refractivity contribution is 6.33. The lowest BCUT2D eigenvalue weighted by Crippen LogP contribution is -2.14. The molecule has 0 atom stereocenters. The first kappa shape index (κ1) is 14.9. The van der Waals surface area contributed by atoms with Crippen LogP contribution in [0.1, 0.15) is 17.3 Å². The van der Waals surface area contributed by atoms with Gasteiger partial charge < -0.3 is 10.6 Å². The summed E-state index contributed by atoms with van der Waals surface area (Å²) in [6.45, 7) is 1.33. The number of halogens is 2. The Morgan fingerprint density at radius 2 is 2.00 bits per heavy atom. The SMILES string of the molecule is CC(=O)Nc1ccc(F)c(NC(=O)c2cccnc2Cl)c1. The van der Waals surface area contributed by atoms with E-state index in [1.54, 1.807) is 6.07 Å². The molecule has 21 heavy (non-hydrogen) atoms. The molecule has 1 aromatic heterocycles. The smallest absolute Gasteiger partial charge is 0.258 e. The van der Waals surface area contributed by atoms with Gasteiger partial charge in [-0.2, -0.15) is 0 Å². The van der Waals surface area contributed by atoms with Crippen molar-refractivity contribution < 1.29 is 14.0 Å². The molecular formula is C14H11ClFN3O2. The number of pyridine rings is 1. The number of carbonyl (C=O) groups is 2. The van der Waals surface area contributed by atoms with Gasteiger partial charge in [0.2, 0.25) is 5.91 Å². The van der Waals surface area contributed by atoms with Crippen molar-refractivity contribution in [3.8, 4) is 0 Å². The van der Waals surface area contributed by atoms with Gasteiger partial charge in [-0.15, -0.1) is 0 Å². The fourth-order valence-corrected chi connectivity index (χ4v) is 1.85. The first-order chi connectivity index (χ1) is 9.97. The molecule has 2 amide bonds. The van der Waals surface area contributed by atoms with Crippen molar-refractivity contribution in [1.82, 2.24) is 4.98 Å². The number of carbonyl (C=O) groups excluding carboxylic acids is 2. The Labute approximate surface area is 125 Å². The summed E-state index contributed by atoms with van der Waals surface area (Å²) in [5, 5.41) is 4.91.